The second-order valence-electron chi connectivity index (χ2n) is 9.19. The maximum Gasteiger partial charge on any atom is 0.223 e. The number of nitrogens with one attached hydrogen (secondary N) is 1. The van der Waals surface area contributed by atoms with E-state index >= 15 is 0 Å². The minimum Gasteiger partial charge on any atom is -0.370 e. The molecule has 30 heavy (non-hydrogen) atoms. The summed E-state index contributed by atoms with van der Waals surface area (Å²) < 4.78 is 0. The van der Waals surface area contributed by atoms with E-state index in [9.17, 15) is 9.59 Å². The third-order valence-corrected chi connectivity index (χ3v) is 6.81. The maximum absolute atomic E-state index is 12.6. The predicted molar refractivity (Wildman–Crippen MR) is 115 cm³/mol. The van der Waals surface area contributed by atoms with Crippen molar-refractivity contribution in [2.75, 3.05) is 0 Å². The van der Waals surface area contributed by atoms with Gasteiger partial charge in [0, 0.05) is 37.3 Å². The molecule has 1 saturated heterocycles. The normalized spacial score (nSPS) is 26.8. The van der Waals surface area contributed by atoms with Crippen LogP contribution in [0.25, 0.3) is 0 Å². The zero-order chi connectivity index (χ0) is 20.9. The number of carbonyl (C=O) groups excluding carboxylic acids is 2. The molecule has 6 heteroatoms. The molecule has 2 amide bonds. The van der Waals surface area contributed by atoms with Crippen LogP contribution in [0.2, 0.25) is 0 Å². The van der Waals surface area contributed by atoms with Gasteiger partial charge in [-0.05, 0) is 61.8 Å². The van der Waals surface area contributed by atoms with E-state index in [1.54, 1.807) is 6.33 Å². The van der Waals surface area contributed by atoms with Crippen LogP contribution in [0.3, 0.4) is 0 Å². The van der Waals surface area contributed by atoms with Gasteiger partial charge in [-0.1, -0.05) is 30.3 Å². The lowest BCUT2D eigenvalue weighted by atomic mass is 9.70. The number of rotatable bonds is 8. The van der Waals surface area contributed by atoms with Crippen LogP contribution in [0.4, 0.5) is 0 Å². The number of imidazole rings is 1. The molecule has 1 aromatic carbocycles. The Hall–Kier alpha value is -2.63. The molecule has 0 bridgehead atoms. The topological polar surface area (TPSA) is 92.1 Å². The monoisotopic (exact) mass is 408 g/mol. The van der Waals surface area contributed by atoms with E-state index in [2.05, 4.69) is 27.0 Å². The molecule has 1 saturated carbocycles. The summed E-state index contributed by atoms with van der Waals surface area (Å²) in [7, 11) is 0. The SMILES string of the molecule is NC(=O)C[C@@H]1C[C@@H](Cc2cnc[nH]2)C[C@H](C[C@@H]2CCC(=O)N2Cc2ccccc2)C1. The smallest absolute Gasteiger partial charge is 0.223 e. The van der Waals surface area contributed by atoms with E-state index in [0.29, 0.717) is 43.2 Å². The van der Waals surface area contributed by atoms with Gasteiger partial charge >= 0.3 is 0 Å². The van der Waals surface area contributed by atoms with E-state index in [1.165, 1.54) is 5.56 Å². The lowest BCUT2D eigenvalue weighted by molar-refractivity contribution is -0.129. The van der Waals surface area contributed by atoms with Crippen molar-refractivity contribution < 1.29 is 9.59 Å². The van der Waals surface area contributed by atoms with Crippen molar-refractivity contribution in [1.29, 1.82) is 0 Å². The standard InChI is InChI=1S/C24H32N4O2/c25-23(29)13-20-9-18(11-21-14-26-16-27-21)8-19(10-20)12-22-6-7-24(30)28(22)15-17-4-2-1-3-5-17/h1-5,14,16,18-20,22H,6-13,15H2,(H2,25,29)(H,26,27)/t18-,19-,20+,22-/m0/s1. The summed E-state index contributed by atoms with van der Waals surface area (Å²) in [4.78, 5) is 33.6. The summed E-state index contributed by atoms with van der Waals surface area (Å²) >= 11 is 0. The first-order chi connectivity index (χ1) is 14.6. The Morgan fingerprint density at radius 1 is 1.13 bits per heavy atom. The van der Waals surface area contributed by atoms with Crippen LogP contribution < -0.4 is 5.73 Å². The van der Waals surface area contributed by atoms with Gasteiger partial charge in [-0.15, -0.1) is 0 Å². The van der Waals surface area contributed by atoms with Gasteiger partial charge in [0.2, 0.25) is 11.8 Å². The fraction of sp³-hybridized carbons (Fsp3) is 0.542. The van der Waals surface area contributed by atoms with E-state index in [-0.39, 0.29) is 11.8 Å². The average molecular weight is 409 g/mol. The molecule has 2 aromatic rings. The Balaban J connectivity index is 1.42. The molecule has 6 nitrogen and oxygen atoms in total. The lowest BCUT2D eigenvalue weighted by Gasteiger charge is -2.37. The molecule has 4 atom stereocenters. The second kappa shape index (κ2) is 9.45. The number of aromatic amines is 1. The third-order valence-electron chi connectivity index (χ3n) is 6.81. The molecule has 0 unspecified atom stereocenters. The summed E-state index contributed by atoms with van der Waals surface area (Å²) in [6, 6.07) is 10.5. The minimum atomic E-state index is -0.206. The zero-order valence-corrected chi connectivity index (χ0v) is 17.5. The van der Waals surface area contributed by atoms with E-state index in [0.717, 1.165) is 44.2 Å². The number of benzene rings is 1. The maximum atomic E-state index is 12.6. The van der Waals surface area contributed by atoms with Crippen molar-refractivity contribution in [3.05, 3.63) is 54.1 Å². The Morgan fingerprint density at radius 2 is 1.90 bits per heavy atom. The molecule has 2 fully saturated rings. The van der Waals surface area contributed by atoms with Crippen LogP contribution >= 0.6 is 0 Å². The van der Waals surface area contributed by atoms with Gasteiger partial charge in [0.05, 0.1) is 6.33 Å². The molecule has 1 aliphatic carbocycles. The second-order valence-corrected chi connectivity index (χ2v) is 9.19. The predicted octanol–water partition coefficient (Wildman–Crippen LogP) is 3.44. The van der Waals surface area contributed by atoms with Crippen LogP contribution in [-0.4, -0.2) is 32.7 Å². The number of nitrogens with zero attached hydrogens (tertiary/aromatic N) is 2. The molecule has 0 radical (unpaired) electrons. The lowest BCUT2D eigenvalue weighted by Crippen LogP contribution is -2.36. The van der Waals surface area contributed by atoms with E-state index < -0.39 is 0 Å². The fourth-order valence-electron chi connectivity index (χ4n) is 5.64. The van der Waals surface area contributed by atoms with Crippen molar-refractivity contribution in [2.45, 2.75) is 64.0 Å². The van der Waals surface area contributed by atoms with E-state index in [4.69, 9.17) is 5.73 Å². The van der Waals surface area contributed by atoms with Gasteiger partial charge in [-0.25, -0.2) is 4.98 Å². The summed E-state index contributed by atoms with van der Waals surface area (Å²) in [5.74, 6) is 1.44. The number of nitrogens with two attached hydrogens (primary N) is 1. The van der Waals surface area contributed by atoms with Crippen molar-refractivity contribution in [3.63, 3.8) is 0 Å². The Morgan fingerprint density at radius 3 is 2.63 bits per heavy atom. The summed E-state index contributed by atoms with van der Waals surface area (Å²) in [5.41, 5.74) is 7.87. The number of hydrogen-bond donors (Lipinski definition) is 2. The largest absolute Gasteiger partial charge is 0.370 e. The molecular formula is C24H32N4O2. The molecule has 160 valence electrons. The van der Waals surface area contributed by atoms with Crippen LogP contribution in [0, 0.1) is 17.8 Å². The van der Waals surface area contributed by atoms with Crippen molar-refractivity contribution in [2.24, 2.45) is 23.5 Å². The average Bonchev–Trinajstić information content (AvgIpc) is 3.33. The summed E-state index contributed by atoms with van der Waals surface area (Å²) in [6.45, 7) is 0.694. The van der Waals surface area contributed by atoms with E-state index in [1.807, 2.05) is 24.4 Å². The molecule has 4 rings (SSSR count). The molecule has 0 spiro atoms. The molecule has 2 aliphatic rings. The summed E-state index contributed by atoms with van der Waals surface area (Å²) in [5, 5.41) is 0. The number of likely N-dealkylation sites (tertiary alicyclic amines) is 1. The number of hydrogen-bond acceptors (Lipinski definition) is 3. The highest BCUT2D eigenvalue weighted by Gasteiger charge is 2.36. The number of carbonyl (C=O) groups is 2. The molecule has 1 aliphatic heterocycles. The van der Waals surface area contributed by atoms with Crippen LogP contribution in [-0.2, 0) is 22.6 Å². The van der Waals surface area contributed by atoms with Gasteiger partial charge in [0.15, 0.2) is 0 Å². The highest BCUT2D eigenvalue weighted by atomic mass is 16.2. The molecule has 3 N–H and O–H groups in total. The van der Waals surface area contributed by atoms with Crippen molar-refractivity contribution in [3.8, 4) is 0 Å². The Bertz CT molecular complexity index is 836. The van der Waals surface area contributed by atoms with Gasteiger partial charge < -0.3 is 15.6 Å². The zero-order valence-electron chi connectivity index (χ0n) is 17.5. The van der Waals surface area contributed by atoms with Gasteiger partial charge in [-0.3, -0.25) is 9.59 Å². The number of aromatic nitrogens is 2. The van der Waals surface area contributed by atoms with Crippen LogP contribution in [0.5, 0.6) is 0 Å². The highest BCUT2D eigenvalue weighted by molar-refractivity contribution is 5.78. The van der Waals surface area contributed by atoms with Gasteiger partial charge in [-0.2, -0.15) is 0 Å². The first-order valence-electron chi connectivity index (χ1n) is 11.2. The van der Waals surface area contributed by atoms with Crippen molar-refractivity contribution in [1.82, 2.24) is 14.9 Å². The number of primary amides is 1. The number of amides is 2. The fourth-order valence-corrected chi connectivity index (χ4v) is 5.64. The molecule has 2 heterocycles. The Labute approximate surface area is 178 Å². The van der Waals surface area contributed by atoms with Crippen molar-refractivity contribution >= 4 is 11.8 Å². The molecular weight excluding hydrogens is 376 g/mol. The number of H-pyrrole nitrogens is 1. The Kier molecular flexibility index (Phi) is 6.50. The quantitative estimate of drug-likeness (QED) is 0.701. The minimum absolute atomic E-state index is 0.206. The first-order valence-corrected chi connectivity index (χ1v) is 11.2. The van der Waals surface area contributed by atoms with Crippen LogP contribution in [0.15, 0.2) is 42.9 Å². The van der Waals surface area contributed by atoms with Gasteiger partial charge in [0.25, 0.3) is 0 Å². The van der Waals surface area contributed by atoms with Gasteiger partial charge in [0.1, 0.15) is 0 Å². The molecule has 1 aromatic heterocycles. The first kappa shape index (κ1) is 20.6. The van der Waals surface area contributed by atoms with Crippen LogP contribution in [0.1, 0.15) is 56.2 Å². The third kappa shape index (κ3) is 5.29. The highest BCUT2D eigenvalue weighted by Crippen LogP contribution is 2.40. The summed E-state index contributed by atoms with van der Waals surface area (Å²) in [6.07, 6.45) is 10.9.